The van der Waals surface area contributed by atoms with Crippen LogP contribution in [0.2, 0.25) is 0 Å². The lowest BCUT2D eigenvalue weighted by atomic mass is 9.81. The second-order valence-electron chi connectivity index (χ2n) is 4.00. The Kier molecular flexibility index (Phi) is 6.51. The molecule has 0 heterocycles. The molecule has 0 aliphatic heterocycles. The van der Waals surface area contributed by atoms with Crippen LogP contribution in [0.5, 0.6) is 0 Å². The molecule has 4 heteroatoms. The van der Waals surface area contributed by atoms with Gasteiger partial charge in [0.05, 0.1) is 0 Å². The standard InChI is InChI=1S/C12H20O2S2/c1-3-15-11(13)9-7-5-6-8-10(9)12(14)16-4-2/h9-10H,3-8H2,1-2H3. The van der Waals surface area contributed by atoms with Crippen molar-refractivity contribution in [2.75, 3.05) is 11.5 Å². The lowest BCUT2D eigenvalue weighted by Crippen LogP contribution is -2.30. The highest BCUT2D eigenvalue weighted by atomic mass is 32.2. The van der Waals surface area contributed by atoms with Crippen molar-refractivity contribution >= 4 is 33.8 Å². The van der Waals surface area contributed by atoms with Crippen molar-refractivity contribution in [3.8, 4) is 0 Å². The maximum atomic E-state index is 11.9. The molecule has 0 aromatic rings. The molecule has 1 fully saturated rings. The van der Waals surface area contributed by atoms with Crippen LogP contribution >= 0.6 is 23.5 Å². The van der Waals surface area contributed by atoms with E-state index >= 15 is 0 Å². The molecule has 0 saturated heterocycles. The summed E-state index contributed by atoms with van der Waals surface area (Å²) in [5.74, 6) is 1.62. The van der Waals surface area contributed by atoms with Gasteiger partial charge in [0.2, 0.25) is 0 Å². The molecule has 1 aliphatic rings. The smallest absolute Gasteiger partial charge is 0.192 e. The van der Waals surface area contributed by atoms with Gasteiger partial charge < -0.3 is 0 Å². The van der Waals surface area contributed by atoms with Crippen molar-refractivity contribution < 1.29 is 9.59 Å². The zero-order chi connectivity index (χ0) is 12.0. The molecule has 0 aromatic carbocycles. The first kappa shape index (κ1) is 14.1. The van der Waals surface area contributed by atoms with Crippen LogP contribution in [0.1, 0.15) is 39.5 Å². The van der Waals surface area contributed by atoms with Gasteiger partial charge in [0.25, 0.3) is 0 Å². The Morgan fingerprint density at radius 1 is 0.938 bits per heavy atom. The number of thioether (sulfide) groups is 2. The van der Waals surface area contributed by atoms with Gasteiger partial charge in [0.15, 0.2) is 10.2 Å². The SMILES string of the molecule is CCSC(=O)C1CCCCC1C(=O)SCC. The van der Waals surface area contributed by atoms with Gasteiger partial charge in [-0.05, 0) is 24.3 Å². The molecule has 0 N–H and O–H groups in total. The average Bonchev–Trinajstić information content (AvgIpc) is 2.30. The maximum Gasteiger partial charge on any atom is 0.192 e. The molecule has 1 saturated carbocycles. The summed E-state index contributed by atoms with van der Waals surface area (Å²) in [7, 11) is 0. The number of rotatable bonds is 4. The molecule has 2 atom stereocenters. The van der Waals surface area contributed by atoms with Crippen molar-refractivity contribution in [3.63, 3.8) is 0 Å². The molecule has 2 unspecified atom stereocenters. The summed E-state index contributed by atoms with van der Waals surface area (Å²) in [4.78, 5) is 23.8. The molecule has 1 rings (SSSR count). The van der Waals surface area contributed by atoms with Gasteiger partial charge in [-0.25, -0.2) is 0 Å². The van der Waals surface area contributed by atoms with Crippen LogP contribution in [0.25, 0.3) is 0 Å². The molecule has 16 heavy (non-hydrogen) atoms. The normalized spacial score (nSPS) is 25.4. The topological polar surface area (TPSA) is 34.1 Å². The van der Waals surface area contributed by atoms with E-state index in [1.165, 1.54) is 23.5 Å². The minimum Gasteiger partial charge on any atom is -0.287 e. The minimum absolute atomic E-state index is 0.00903. The summed E-state index contributed by atoms with van der Waals surface area (Å²) < 4.78 is 0. The highest BCUT2D eigenvalue weighted by molar-refractivity contribution is 8.14. The summed E-state index contributed by atoms with van der Waals surface area (Å²) >= 11 is 2.75. The predicted molar refractivity (Wildman–Crippen MR) is 71.7 cm³/mol. The second-order valence-corrected chi connectivity index (χ2v) is 6.54. The van der Waals surface area contributed by atoms with Crippen molar-refractivity contribution in [2.45, 2.75) is 39.5 Å². The highest BCUT2D eigenvalue weighted by Crippen LogP contribution is 2.36. The molecule has 0 radical (unpaired) electrons. The van der Waals surface area contributed by atoms with E-state index in [0.717, 1.165) is 37.2 Å². The molecular weight excluding hydrogens is 240 g/mol. The van der Waals surface area contributed by atoms with Crippen molar-refractivity contribution in [2.24, 2.45) is 11.8 Å². The molecule has 1 aliphatic carbocycles. The zero-order valence-electron chi connectivity index (χ0n) is 10.0. The molecule has 0 amide bonds. The lowest BCUT2D eigenvalue weighted by Gasteiger charge is -2.28. The van der Waals surface area contributed by atoms with Gasteiger partial charge in [-0.1, -0.05) is 50.2 Å². The third kappa shape index (κ3) is 3.81. The van der Waals surface area contributed by atoms with E-state index in [1.807, 2.05) is 13.8 Å². The Hall–Kier alpha value is 0.0400. The molecule has 0 bridgehead atoms. The molecule has 2 nitrogen and oxygen atoms in total. The monoisotopic (exact) mass is 260 g/mol. The van der Waals surface area contributed by atoms with Gasteiger partial charge >= 0.3 is 0 Å². The van der Waals surface area contributed by atoms with Gasteiger partial charge in [-0.3, -0.25) is 9.59 Å². The molecule has 0 aromatic heterocycles. The Morgan fingerprint density at radius 3 is 1.62 bits per heavy atom. The summed E-state index contributed by atoms with van der Waals surface area (Å²) in [5.41, 5.74) is 0. The fourth-order valence-corrected chi connectivity index (χ4v) is 3.76. The summed E-state index contributed by atoms with van der Waals surface area (Å²) in [6.07, 6.45) is 4.02. The summed E-state index contributed by atoms with van der Waals surface area (Å²) in [6.45, 7) is 3.98. The van der Waals surface area contributed by atoms with Gasteiger partial charge in [-0.2, -0.15) is 0 Å². The quantitative estimate of drug-likeness (QED) is 0.776. The third-order valence-corrected chi connectivity index (χ3v) is 4.70. The van der Waals surface area contributed by atoms with Crippen molar-refractivity contribution in [1.29, 1.82) is 0 Å². The van der Waals surface area contributed by atoms with E-state index in [0.29, 0.717) is 0 Å². The van der Waals surface area contributed by atoms with Crippen LogP contribution in [0.4, 0.5) is 0 Å². The number of hydrogen-bond donors (Lipinski definition) is 0. The Bertz CT molecular complexity index is 227. The highest BCUT2D eigenvalue weighted by Gasteiger charge is 2.35. The van der Waals surface area contributed by atoms with E-state index < -0.39 is 0 Å². The summed E-state index contributed by atoms with van der Waals surface area (Å²) in [6, 6.07) is 0. The largest absolute Gasteiger partial charge is 0.287 e. The van der Waals surface area contributed by atoms with E-state index in [-0.39, 0.29) is 22.1 Å². The predicted octanol–water partition coefficient (Wildman–Crippen LogP) is 3.35. The van der Waals surface area contributed by atoms with Crippen LogP contribution < -0.4 is 0 Å². The van der Waals surface area contributed by atoms with Crippen LogP contribution in [-0.4, -0.2) is 21.7 Å². The lowest BCUT2D eigenvalue weighted by molar-refractivity contribution is -0.124. The van der Waals surface area contributed by atoms with Crippen LogP contribution in [0.15, 0.2) is 0 Å². The second kappa shape index (κ2) is 7.38. The summed E-state index contributed by atoms with van der Waals surface area (Å²) in [5, 5.41) is 0.467. The fraction of sp³-hybridized carbons (Fsp3) is 0.833. The first-order chi connectivity index (χ1) is 7.70. The van der Waals surface area contributed by atoms with E-state index in [1.54, 1.807) is 0 Å². The molecule has 0 spiro atoms. The van der Waals surface area contributed by atoms with Crippen LogP contribution in [-0.2, 0) is 9.59 Å². The first-order valence-corrected chi connectivity index (χ1v) is 8.01. The molecule has 92 valence electrons. The number of hydrogen-bond acceptors (Lipinski definition) is 4. The van der Waals surface area contributed by atoms with E-state index in [4.69, 9.17) is 0 Å². The Morgan fingerprint density at radius 2 is 1.31 bits per heavy atom. The Labute approximate surface area is 106 Å². The van der Waals surface area contributed by atoms with Gasteiger partial charge in [0.1, 0.15) is 0 Å². The first-order valence-electron chi connectivity index (χ1n) is 6.04. The number of carbonyl (C=O) groups is 2. The Balaban J connectivity index is 2.63. The van der Waals surface area contributed by atoms with Crippen LogP contribution in [0.3, 0.4) is 0 Å². The van der Waals surface area contributed by atoms with Gasteiger partial charge in [-0.15, -0.1) is 0 Å². The van der Waals surface area contributed by atoms with E-state index in [9.17, 15) is 9.59 Å². The minimum atomic E-state index is -0.00903. The number of carbonyl (C=O) groups excluding carboxylic acids is 2. The van der Waals surface area contributed by atoms with E-state index in [2.05, 4.69) is 0 Å². The van der Waals surface area contributed by atoms with Crippen molar-refractivity contribution in [3.05, 3.63) is 0 Å². The van der Waals surface area contributed by atoms with Crippen molar-refractivity contribution in [1.82, 2.24) is 0 Å². The zero-order valence-corrected chi connectivity index (χ0v) is 11.7. The van der Waals surface area contributed by atoms with Crippen LogP contribution in [0, 0.1) is 11.8 Å². The average molecular weight is 260 g/mol. The van der Waals surface area contributed by atoms with Gasteiger partial charge in [0, 0.05) is 11.8 Å². The fourth-order valence-electron chi connectivity index (χ4n) is 2.19. The third-order valence-electron chi connectivity index (χ3n) is 2.94. The molecular formula is C12H20O2S2. The maximum absolute atomic E-state index is 11.9.